The van der Waals surface area contributed by atoms with Gasteiger partial charge in [-0.3, -0.25) is 9.69 Å². The molecule has 0 aliphatic carbocycles. The number of aromatic amines is 1. The number of hydrogen-bond donors (Lipinski definition) is 2. The highest BCUT2D eigenvalue weighted by molar-refractivity contribution is 5.95. The fourth-order valence-corrected chi connectivity index (χ4v) is 4.82. The molecule has 3 N–H and O–H groups in total. The number of fused-ring (bicyclic) bond motifs is 2. The quantitative estimate of drug-likeness (QED) is 0.246. The number of piperazine rings is 1. The molecule has 1 amide bonds. The first-order valence-corrected chi connectivity index (χ1v) is 11.6. The molecule has 8 heteroatoms. The number of aryl methyl sites for hydroxylation is 1. The summed E-state index contributed by atoms with van der Waals surface area (Å²) in [5, 5.41) is 24.5. The number of carbonyl (C=O) groups excluding carboxylic acids is 1. The zero-order chi connectivity index (χ0) is 23.7. The number of primary amides is 1. The van der Waals surface area contributed by atoms with Crippen molar-refractivity contribution in [2.75, 3.05) is 32.7 Å². The smallest absolute Gasteiger partial charge is 0.284 e. The number of H-pyrrole nitrogens is 1. The number of furan rings is 1. The maximum atomic E-state index is 13.5. The molecule has 0 spiro atoms. The number of nitrogens with one attached hydrogen (secondary N) is 1. The van der Waals surface area contributed by atoms with Crippen molar-refractivity contribution in [2.45, 2.75) is 19.3 Å². The fraction of sp³-hybridized carbons (Fsp3) is 0.308. The summed E-state index contributed by atoms with van der Waals surface area (Å²) in [6.07, 6.45) is 5.11. The molecule has 0 radical (unpaired) electrons. The van der Waals surface area contributed by atoms with Crippen LogP contribution in [0.2, 0.25) is 0 Å². The van der Waals surface area contributed by atoms with E-state index in [1.807, 2.05) is 30.5 Å². The van der Waals surface area contributed by atoms with E-state index >= 15 is 0 Å². The number of unbranched alkanes of at least 4 members (excludes halogenated alkanes) is 1. The van der Waals surface area contributed by atoms with Crippen LogP contribution in [0, 0.1) is 16.5 Å². The van der Waals surface area contributed by atoms with E-state index in [1.54, 1.807) is 18.2 Å². The zero-order valence-electron chi connectivity index (χ0n) is 18.9. The number of quaternary nitrogens is 1. The number of hydroxylamine groups is 2. The molecule has 2 aromatic heterocycles. The Hall–Kier alpha value is -3.64. The Labute approximate surface area is 197 Å². The number of nitrogens with zero attached hydrogens (tertiary/aromatic N) is 3. The number of hydrogen-bond acceptors (Lipinski definition) is 5. The molecule has 0 saturated carbocycles. The predicted octanol–water partition coefficient (Wildman–Crippen LogP) is 4.03. The van der Waals surface area contributed by atoms with Crippen LogP contribution in [0.5, 0.6) is 0 Å². The highest BCUT2D eigenvalue weighted by atomic mass is 16.5. The lowest BCUT2D eigenvalue weighted by Gasteiger charge is -2.47. The van der Waals surface area contributed by atoms with E-state index in [4.69, 9.17) is 15.4 Å². The number of rotatable bonds is 7. The maximum Gasteiger partial charge on any atom is 0.284 e. The van der Waals surface area contributed by atoms with Crippen LogP contribution >= 0.6 is 0 Å². The van der Waals surface area contributed by atoms with Gasteiger partial charge in [-0.15, -0.1) is 0 Å². The van der Waals surface area contributed by atoms with Gasteiger partial charge in [-0.2, -0.15) is 5.26 Å². The molecule has 2 aromatic carbocycles. The van der Waals surface area contributed by atoms with Crippen LogP contribution in [0.4, 0.5) is 5.69 Å². The first-order valence-electron chi connectivity index (χ1n) is 11.6. The van der Waals surface area contributed by atoms with Gasteiger partial charge >= 0.3 is 0 Å². The second-order valence-electron chi connectivity index (χ2n) is 9.02. The minimum Gasteiger partial charge on any atom is -0.627 e. The summed E-state index contributed by atoms with van der Waals surface area (Å²) in [5.41, 5.74) is 9.53. The third kappa shape index (κ3) is 4.29. The van der Waals surface area contributed by atoms with Crippen LogP contribution < -0.4 is 10.4 Å². The van der Waals surface area contributed by atoms with Crippen molar-refractivity contribution < 1.29 is 9.21 Å². The standard InChI is InChI=1S/C26H27N5O3/c27-16-18-4-6-23-22(13-18)19(17-29-23)3-1-2-8-30-9-11-31(33,12-10-30)21-5-7-24-20(14-21)15-25(34-24)26(28)32/h4-7,13-15,17,29H,1-3,8-12H2,(H2,28,32). The van der Waals surface area contributed by atoms with Gasteiger partial charge in [0.1, 0.15) is 11.3 Å². The van der Waals surface area contributed by atoms with E-state index in [9.17, 15) is 10.0 Å². The lowest BCUT2D eigenvalue weighted by atomic mass is 10.0. The Balaban J connectivity index is 1.14. The summed E-state index contributed by atoms with van der Waals surface area (Å²) in [4.78, 5) is 17.0. The number of benzene rings is 2. The van der Waals surface area contributed by atoms with Crippen molar-refractivity contribution in [1.82, 2.24) is 14.5 Å². The molecule has 0 unspecified atom stereocenters. The predicted molar refractivity (Wildman–Crippen MR) is 132 cm³/mol. The molecule has 34 heavy (non-hydrogen) atoms. The molecule has 1 aliphatic heterocycles. The summed E-state index contributed by atoms with van der Waals surface area (Å²) in [6.45, 7) is 3.45. The van der Waals surface area contributed by atoms with Crippen molar-refractivity contribution >= 4 is 33.5 Å². The van der Waals surface area contributed by atoms with Gasteiger partial charge in [-0.1, -0.05) is 0 Å². The average molecular weight is 458 g/mol. The third-order valence-electron chi connectivity index (χ3n) is 6.84. The van der Waals surface area contributed by atoms with Crippen LogP contribution in [0.3, 0.4) is 0 Å². The highest BCUT2D eigenvalue weighted by Crippen LogP contribution is 2.30. The summed E-state index contributed by atoms with van der Waals surface area (Å²) in [7, 11) is 0. The Morgan fingerprint density at radius 1 is 1.18 bits per heavy atom. The largest absolute Gasteiger partial charge is 0.627 e. The van der Waals surface area contributed by atoms with Gasteiger partial charge in [0.05, 0.1) is 24.7 Å². The molecule has 3 heterocycles. The van der Waals surface area contributed by atoms with Gasteiger partial charge in [0.2, 0.25) is 0 Å². The monoisotopic (exact) mass is 457 g/mol. The first-order chi connectivity index (χ1) is 16.4. The average Bonchev–Trinajstić information content (AvgIpc) is 3.46. The van der Waals surface area contributed by atoms with Gasteiger partial charge in [-0.25, -0.2) is 0 Å². The minimum atomic E-state index is -0.617. The highest BCUT2D eigenvalue weighted by Gasteiger charge is 2.28. The SMILES string of the molecule is N#Cc1ccc2[nH]cc(CCCCN3CC[N+]([O-])(c4ccc5oc(C(N)=O)cc5c4)CC3)c2c1. The van der Waals surface area contributed by atoms with E-state index < -0.39 is 5.91 Å². The number of aromatic nitrogens is 1. The fourth-order valence-electron chi connectivity index (χ4n) is 4.82. The molecule has 1 aliphatic rings. The number of nitriles is 1. The first kappa shape index (κ1) is 22.2. The zero-order valence-corrected chi connectivity index (χ0v) is 18.9. The normalized spacial score (nSPS) is 16.1. The van der Waals surface area contributed by atoms with Gasteiger partial charge in [-0.05, 0) is 61.7 Å². The number of amides is 1. The molecule has 174 valence electrons. The number of carbonyl (C=O) groups is 1. The van der Waals surface area contributed by atoms with Crippen LogP contribution in [0.25, 0.3) is 21.9 Å². The van der Waals surface area contributed by atoms with E-state index in [2.05, 4.69) is 16.0 Å². The van der Waals surface area contributed by atoms with E-state index in [-0.39, 0.29) is 10.4 Å². The van der Waals surface area contributed by atoms with Crippen molar-refractivity contribution in [2.24, 2.45) is 5.73 Å². The van der Waals surface area contributed by atoms with Gasteiger partial charge in [0.25, 0.3) is 5.91 Å². The number of nitrogens with two attached hydrogens (primary N) is 1. The van der Waals surface area contributed by atoms with Crippen molar-refractivity contribution in [1.29, 1.82) is 5.26 Å². The Morgan fingerprint density at radius 3 is 2.76 bits per heavy atom. The second kappa shape index (κ2) is 8.95. The Bertz CT molecular complexity index is 1390. The minimum absolute atomic E-state index is 0.104. The molecule has 8 nitrogen and oxygen atoms in total. The molecule has 0 bridgehead atoms. The molecule has 1 saturated heterocycles. The third-order valence-corrected chi connectivity index (χ3v) is 6.84. The summed E-state index contributed by atoms with van der Waals surface area (Å²) in [5.74, 6) is -0.512. The molecular weight excluding hydrogens is 430 g/mol. The van der Waals surface area contributed by atoms with Gasteiger partial charge in [0.15, 0.2) is 5.76 Å². The Morgan fingerprint density at radius 2 is 2.00 bits per heavy atom. The Kier molecular flexibility index (Phi) is 5.84. The van der Waals surface area contributed by atoms with Crippen LogP contribution in [0.15, 0.2) is 53.1 Å². The van der Waals surface area contributed by atoms with Crippen molar-refractivity contribution in [3.05, 3.63) is 70.8 Å². The maximum absolute atomic E-state index is 13.5. The lowest BCUT2D eigenvalue weighted by Crippen LogP contribution is -2.57. The van der Waals surface area contributed by atoms with Gasteiger partial charge in [0, 0.05) is 47.7 Å². The topological polar surface area (TPSA) is 122 Å². The van der Waals surface area contributed by atoms with Crippen LogP contribution in [-0.2, 0) is 6.42 Å². The van der Waals surface area contributed by atoms with Crippen LogP contribution in [-0.4, -0.2) is 48.5 Å². The van der Waals surface area contributed by atoms with Crippen molar-refractivity contribution in [3.8, 4) is 6.07 Å². The molecule has 5 rings (SSSR count). The molecule has 1 fully saturated rings. The van der Waals surface area contributed by atoms with E-state index in [0.29, 0.717) is 29.9 Å². The lowest BCUT2D eigenvalue weighted by molar-refractivity contribution is 0.0976. The van der Waals surface area contributed by atoms with E-state index in [0.717, 1.165) is 55.2 Å². The van der Waals surface area contributed by atoms with Crippen LogP contribution in [0.1, 0.15) is 34.5 Å². The summed E-state index contributed by atoms with van der Waals surface area (Å²) >= 11 is 0. The molecule has 0 atom stereocenters. The second-order valence-corrected chi connectivity index (χ2v) is 9.02. The molecule has 4 aromatic rings. The van der Waals surface area contributed by atoms with Gasteiger partial charge < -0.3 is 25.0 Å². The van der Waals surface area contributed by atoms with Crippen molar-refractivity contribution in [3.63, 3.8) is 0 Å². The van der Waals surface area contributed by atoms with E-state index in [1.165, 1.54) is 5.56 Å². The summed E-state index contributed by atoms with van der Waals surface area (Å²) < 4.78 is 5.06. The summed E-state index contributed by atoms with van der Waals surface area (Å²) in [6, 6.07) is 14.9. The molecular formula is C26H27N5O3.